The quantitative estimate of drug-likeness (QED) is 0.573. The summed E-state index contributed by atoms with van der Waals surface area (Å²) in [4.78, 5) is 13.3. The number of amides is 1. The van der Waals surface area contributed by atoms with Gasteiger partial charge in [0.25, 0.3) is 0 Å². The molecule has 120 valence electrons. The van der Waals surface area contributed by atoms with E-state index in [9.17, 15) is 4.79 Å². The molecule has 2 rings (SSSR count). The van der Waals surface area contributed by atoms with E-state index in [2.05, 4.69) is 49.5 Å². The first-order valence-electron chi connectivity index (χ1n) is 7.85. The van der Waals surface area contributed by atoms with Gasteiger partial charge in [0, 0.05) is 11.0 Å². The predicted octanol–water partition coefficient (Wildman–Crippen LogP) is 5.21. The van der Waals surface area contributed by atoms with E-state index in [-0.39, 0.29) is 11.9 Å². The average molecular weight is 325 g/mol. The van der Waals surface area contributed by atoms with Crippen molar-refractivity contribution in [3.63, 3.8) is 0 Å². The van der Waals surface area contributed by atoms with Gasteiger partial charge in [0.15, 0.2) is 0 Å². The second-order valence-electron chi connectivity index (χ2n) is 5.66. The average Bonchev–Trinajstić information content (AvgIpc) is 3.07. The van der Waals surface area contributed by atoms with Gasteiger partial charge >= 0.3 is 0 Å². The third-order valence-electron chi connectivity index (χ3n) is 3.60. The summed E-state index contributed by atoms with van der Waals surface area (Å²) in [7, 11) is 0. The van der Waals surface area contributed by atoms with Gasteiger partial charge in [-0.3, -0.25) is 4.79 Å². The molecule has 1 heterocycles. The van der Waals surface area contributed by atoms with Gasteiger partial charge in [-0.25, -0.2) is 0 Å². The molecule has 0 saturated heterocycles. The Morgan fingerprint density at radius 3 is 2.35 bits per heavy atom. The van der Waals surface area contributed by atoms with Crippen molar-refractivity contribution in [1.29, 1.82) is 0 Å². The second kappa shape index (κ2) is 8.49. The monoisotopic (exact) mass is 325 g/mol. The van der Waals surface area contributed by atoms with E-state index in [0.29, 0.717) is 5.92 Å². The molecule has 0 fully saturated rings. The van der Waals surface area contributed by atoms with Crippen LogP contribution < -0.4 is 5.32 Å². The number of allylic oxidation sites excluding steroid dienone is 3. The highest BCUT2D eigenvalue weighted by molar-refractivity contribution is 7.10. The number of hydrogen-bond donors (Lipinski definition) is 1. The first kappa shape index (κ1) is 17.2. The van der Waals surface area contributed by atoms with Gasteiger partial charge in [-0.2, -0.15) is 0 Å². The second-order valence-corrected chi connectivity index (χ2v) is 6.64. The van der Waals surface area contributed by atoms with Crippen LogP contribution in [0.5, 0.6) is 0 Å². The summed E-state index contributed by atoms with van der Waals surface area (Å²) in [6.07, 6.45) is 7.05. The van der Waals surface area contributed by atoms with Gasteiger partial charge in [-0.15, -0.1) is 11.3 Å². The Morgan fingerprint density at radius 2 is 1.78 bits per heavy atom. The Labute approximate surface area is 142 Å². The lowest BCUT2D eigenvalue weighted by Crippen LogP contribution is -2.27. The van der Waals surface area contributed by atoms with Crippen LogP contribution in [-0.4, -0.2) is 5.91 Å². The van der Waals surface area contributed by atoms with E-state index in [1.54, 1.807) is 23.5 Å². The maximum Gasteiger partial charge on any atom is 0.244 e. The molecule has 1 unspecified atom stereocenters. The van der Waals surface area contributed by atoms with Crippen LogP contribution in [0.25, 0.3) is 0 Å². The normalized spacial score (nSPS) is 13.0. The number of thiophene rings is 1. The smallest absolute Gasteiger partial charge is 0.244 e. The van der Waals surface area contributed by atoms with E-state index in [1.807, 2.05) is 30.5 Å². The van der Waals surface area contributed by atoms with Crippen molar-refractivity contribution in [2.75, 3.05) is 0 Å². The molecule has 0 aliphatic heterocycles. The van der Waals surface area contributed by atoms with Crippen LogP contribution in [-0.2, 0) is 4.79 Å². The number of benzene rings is 1. The summed E-state index contributed by atoms with van der Waals surface area (Å²) < 4.78 is 0. The van der Waals surface area contributed by atoms with Crippen LogP contribution in [0, 0.1) is 0 Å². The Morgan fingerprint density at radius 1 is 1.09 bits per heavy atom. The van der Waals surface area contributed by atoms with E-state index >= 15 is 0 Å². The lowest BCUT2D eigenvalue weighted by Gasteiger charge is -2.18. The van der Waals surface area contributed by atoms with E-state index in [1.165, 1.54) is 5.56 Å². The number of carbonyl (C=O) groups is 1. The molecule has 1 N–H and O–H groups in total. The summed E-state index contributed by atoms with van der Waals surface area (Å²) in [5, 5.41) is 5.13. The fourth-order valence-electron chi connectivity index (χ4n) is 2.29. The Hall–Kier alpha value is -2.13. The number of nitrogens with one attached hydrogen (secondary N) is 1. The van der Waals surface area contributed by atoms with Crippen LogP contribution in [0.1, 0.15) is 48.7 Å². The molecule has 0 aliphatic rings. The van der Waals surface area contributed by atoms with Crippen LogP contribution in [0.2, 0.25) is 0 Å². The van der Waals surface area contributed by atoms with Crippen LogP contribution in [0.15, 0.2) is 66.1 Å². The molecular formula is C20H23NOS. The largest absolute Gasteiger partial charge is 0.341 e. The molecular weight excluding hydrogens is 302 g/mol. The molecule has 2 aromatic rings. The van der Waals surface area contributed by atoms with Crippen molar-refractivity contribution in [3.8, 4) is 0 Å². The molecule has 0 aliphatic carbocycles. The van der Waals surface area contributed by atoms with Gasteiger partial charge in [-0.1, -0.05) is 62.4 Å². The fourth-order valence-corrected chi connectivity index (χ4v) is 3.09. The first-order valence-corrected chi connectivity index (χ1v) is 8.73. The van der Waals surface area contributed by atoms with Crippen LogP contribution >= 0.6 is 11.3 Å². The summed E-state index contributed by atoms with van der Waals surface area (Å²) in [5.74, 6) is 0.414. The zero-order valence-corrected chi connectivity index (χ0v) is 14.6. The first-order chi connectivity index (χ1) is 11.1. The summed E-state index contributed by atoms with van der Waals surface area (Å²) in [6.45, 7) is 6.28. The topological polar surface area (TPSA) is 29.1 Å². The van der Waals surface area contributed by atoms with Gasteiger partial charge in [-0.05, 0) is 35.4 Å². The zero-order valence-electron chi connectivity index (χ0n) is 13.8. The molecule has 0 bridgehead atoms. The van der Waals surface area contributed by atoms with Crippen molar-refractivity contribution >= 4 is 17.2 Å². The van der Waals surface area contributed by atoms with Gasteiger partial charge in [0.2, 0.25) is 5.91 Å². The lowest BCUT2D eigenvalue weighted by atomic mass is 9.98. The maximum absolute atomic E-state index is 12.1. The molecule has 2 nitrogen and oxygen atoms in total. The summed E-state index contributed by atoms with van der Waals surface area (Å²) in [5.41, 5.74) is 2.41. The van der Waals surface area contributed by atoms with Crippen molar-refractivity contribution < 1.29 is 4.79 Å². The van der Waals surface area contributed by atoms with Crippen molar-refractivity contribution in [3.05, 3.63) is 82.1 Å². The predicted molar refractivity (Wildman–Crippen MR) is 98.8 cm³/mol. The number of carbonyl (C=O) groups excluding carboxylic acids is 1. The van der Waals surface area contributed by atoms with Gasteiger partial charge < -0.3 is 5.32 Å². The van der Waals surface area contributed by atoms with Crippen LogP contribution in [0.4, 0.5) is 0 Å². The highest BCUT2D eigenvalue weighted by Gasteiger charge is 2.17. The minimum atomic E-state index is -0.112. The molecule has 1 atom stereocenters. The third-order valence-corrected chi connectivity index (χ3v) is 4.54. The highest BCUT2D eigenvalue weighted by Crippen LogP contribution is 2.27. The van der Waals surface area contributed by atoms with Crippen molar-refractivity contribution in [2.24, 2.45) is 0 Å². The van der Waals surface area contributed by atoms with Gasteiger partial charge in [0.1, 0.15) is 0 Å². The van der Waals surface area contributed by atoms with E-state index < -0.39 is 0 Å². The molecule has 1 amide bonds. The highest BCUT2D eigenvalue weighted by atomic mass is 32.1. The van der Waals surface area contributed by atoms with Crippen LogP contribution in [0.3, 0.4) is 0 Å². The molecule has 1 aromatic carbocycles. The Balaban J connectivity index is 2.23. The van der Waals surface area contributed by atoms with E-state index in [0.717, 1.165) is 10.4 Å². The molecule has 23 heavy (non-hydrogen) atoms. The zero-order chi connectivity index (χ0) is 16.7. The summed E-state index contributed by atoms with van der Waals surface area (Å²) in [6, 6.07) is 12.5. The Kier molecular flexibility index (Phi) is 6.36. The Bertz CT molecular complexity index is 666. The fraction of sp³-hybridized carbons (Fsp3) is 0.250. The van der Waals surface area contributed by atoms with E-state index in [4.69, 9.17) is 0 Å². The summed E-state index contributed by atoms with van der Waals surface area (Å²) >= 11 is 1.65. The molecule has 1 aromatic heterocycles. The molecule has 0 spiro atoms. The third kappa shape index (κ3) is 4.93. The molecule has 3 heteroatoms. The van der Waals surface area contributed by atoms with Gasteiger partial charge in [0.05, 0.1) is 6.04 Å². The lowest BCUT2D eigenvalue weighted by molar-refractivity contribution is -0.116. The van der Waals surface area contributed by atoms with Crippen molar-refractivity contribution in [1.82, 2.24) is 5.32 Å². The van der Waals surface area contributed by atoms with Crippen molar-refractivity contribution in [2.45, 2.75) is 32.7 Å². The number of hydrogen-bond acceptors (Lipinski definition) is 2. The minimum Gasteiger partial charge on any atom is -0.341 e. The molecule has 0 radical (unpaired) electrons. The number of rotatable bonds is 6. The SMILES string of the molecule is C/C=C/C=C/C(=O)NC(c1ccc(C(C)C)cc1)c1cccs1. The standard InChI is InChI=1S/C20H23NOS/c1-4-5-6-9-19(22)21-20(18-8-7-14-23-18)17-12-10-16(11-13-17)15(2)3/h4-15,20H,1-3H3,(H,21,22)/b5-4+,9-6+. The molecule has 0 saturated carbocycles. The minimum absolute atomic E-state index is 0.0885. The maximum atomic E-state index is 12.1.